The molecule has 1 aliphatic heterocycles. The van der Waals surface area contributed by atoms with Crippen molar-refractivity contribution in [3.8, 4) is 0 Å². The van der Waals surface area contributed by atoms with Gasteiger partial charge in [0.05, 0.1) is 23.9 Å². The number of hydrogen-bond donors (Lipinski definition) is 0. The van der Waals surface area contributed by atoms with Crippen LogP contribution in [0.2, 0.25) is 0 Å². The van der Waals surface area contributed by atoms with E-state index in [0.717, 1.165) is 12.8 Å². The molecule has 11 atom stereocenters. The molecule has 3 nitrogen and oxygen atoms in total. The van der Waals surface area contributed by atoms with Crippen LogP contribution in [-0.4, -0.2) is 50.5 Å². The summed E-state index contributed by atoms with van der Waals surface area (Å²) in [7, 11) is 3.25. The highest BCUT2D eigenvalue weighted by molar-refractivity contribution is 5.20. The van der Waals surface area contributed by atoms with Crippen molar-refractivity contribution < 1.29 is 23.0 Å². The number of ether oxygens (including phenoxy) is 3. The third-order valence-electron chi connectivity index (χ3n) is 12.5. The molecular weight excluding hydrogens is 482 g/mol. The first-order chi connectivity index (χ1) is 18.3. The van der Waals surface area contributed by atoms with E-state index in [0.29, 0.717) is 54.8 Å². The molecule has 0 amide bonds. The lowest BCUT2D eigenvalue weighted by Crippen LogP contribution is -2.61. The molecule has 0 aromatic carbocycles. The fraction of sp³-hybridized carbons (Fsp3) is 0.939. The lowest BCUT2D eigenvalue weighted by molar-refractivity contribution is -0.223. The second kappa shape index (κ2) is 11.8. The Balaban J connectivity index is 1.53. The van der Waals surface area contributed by atoms with Gasteiger partial charge >= 0.3 is 0 Å². The first-order valence-corrected chi connectivity index (χ1v) is 16.0. The van der Waals surface area contributed by atoms with E-state index in [2.05, 4.69) is 32.9 Å². The Morgan fingerprint density at radius 2 is 1.42 bits per heavy atom. The molecule has 4 aliphatic carbocycles. The van der Waals surface area contributed by atoms with Gasteiger partial charge in [0, 0.05) is 20.1 Å². The van der Waals surface area contributed by atoms with Crippen molar-refractivity contribution in [3.63, 3.8) is 0 Å². The second-order valence-corrected chi connectivity index (χ2v) is 13.9. The Kier molecular flexibility index (Phi) is 8.97. The van der Waals surface area contributed by atoms with Crippen molar-refractivity contribution in [2.45, 2.75) is 140 Å². The van der Waals surface area contributed by atoms with Gasteiger partial charge in [-0.05, 0) is 86.4 Å². The molecule has 5 aliphatic rings. The van der Waals surface area contributed by atoms with Gasteiger partial charge in [-0.3, -0.25) is 0 Å². The Morgan fingerprint density at radius 1 is 0.842 bits per heavy atom. The molecule has 0 saturated heterocycles. The van der Waals surface area contributed by atoms with Gasteiger partial charge in [-0.1, -0.05) is 65.0 Å². The summed E-state index contributed by atoms with van der Waals surface area (Å²) in [5.41, 5.74) is -0.299. The van der Waals surface area contributed by atoms with Gasteiger partial charge in [0.15, 0.2) is 0 Å². The third-order valence-corrected chi connectivity index (χ3v) is 12.5. The average molecular weight is 537 g/mol. The zero-order chi connectivity index (χ0) is 27.1. The smallest absolute Gasteiger partial charge is 0.127 e. The second-order valence-electron chi connectivity index (χ2n) is 13.9. The van der Waals surface area contributed by atoms with Crippen molar-refractivity contribution in [2.75, 3.05) is 14.2 Å². The summed E-state index contributed by atoms with van der Waals surface area (Å²) in [5.74, 6) is 2.41. The molecule has 0 radical (unpaired) electrons. The van der Waals surface area contributed by atoms with E-state index in [1.54, 1.807) is 14.2 Å². The monoisotopic (exact) mass is 536 g/mol. The van der Waals surface area contributed by atoms with Crippen molar-refractivity contribution in [1.82, 2.24) is 0 Å². The first kappa shape index (κ1) is 29.0. The van der Waals surface area contributed by atoms with E-state index >= 15 is 8.78 Å². The standard InChI is InChI=1S/C33H54F2O3/c1-6-32(3,7-2)26-18-21-10-8-9-11-24(21)31-25(26)16-17-33(38-31,22-12-14-29(36-4)27(34)19-22)23-13-15-30(37-5)28(35)20-23/h16-17,21-31H,6-15,18-20H2,1-5H3. The molecule has 0 N–H and O–H groups in total. The number of hydrogen-bond acceptors (Lipinski definition) is 3. The SMILES string of the molecule is CCC(C)(CC)C1CC2CCCCC2C2OC(C3CCC(OC)C(F)C3)(C3CCC(OC)C(F)C3)C=CC21. The molecule has 38 heavy (non-hydrogen) atoms. The molecule has 4 fully saturated rings. The lowest BCUT2D eigenvalue weighted by Gasteiger charge is -2.60. The van der Waals surface area contributed by atoms with Crippen molar-refractivity contribution >= 4 is 0 Å². The van der Waals surface area contributed by atoms with Crippen LogP contribution in [0.3, 0.4) is 0 Å². The third kappa shape index (κ3) is 5.04. The Morgan fingerprint density at radius 3 is 1.95 bits per heavy atom. The molecular formula is C33H54F2O3. The number of halogens is 2. The molecule has 0 aromatic heterocycles. The van der Waals surface area contributed by atoms with E-state index in [1.165, 1.54) is 44.9 Å². The van der Waals surface area contributed by atoms with E-state index in [1.807, 2.05) is 0 Å². The number of fused-ring (bicyclic) bond motifs is 3. The van der Waals surface area contributed by atoms with E-state index in [9.17, 15) is 0 Å². The van der Waals surface area contributed by atoms with Crippen LogP contribution in [0.25, 0.3) is 0 Å². The van der Waals surface area contributed by atoms with Crippen LogP contribution in [-0.2, 0) is 14.2 Å². The fourth-order valence-electron chi connectivity index (χ4n) is 9.75. The number of alkyl halides is 2. The van der Waals surface area contributed by atoms with Crippen molar-refractivity contribution in [2.24, 2.45) is 40.9 Å². The first-order valence-electron chi connectivity index (χ1n) is 16.0. The Bertz CT molecular complexity index is 784. The maximum absolute atomic E-state index is 15.4. The summed E-state index contributed by atoms with van der Waals surface area (Å²) in [5, 5.41) is 0. The zero-order valence-corrected chi connectivity index (χ0v) is 24.7. The van der Waals surface area contributed by atoms with E-state index in [-0.39, 0.29) is 30.1 Å². The normalized spacial score (nSPS) is 47.8. The lowest BCUT2D eigenvalue weighted by atomic mass is 9.53. The highest BCUT2D eigenvalue weighted by Gasteiger charge is 2.58. The van der Waals surface area contributed by atoms with Crippen LogP contribution in [0.4, 0.5) is 8.78 Å². The average Bonchev–Trinajstić information content (AvgIpc) is 2.95. The van der Waals surface area contributed by atoms with Crippen LogP contribution in [0.15, 0.2) is 12.2 Å². The topological polar surface area (TPSA) is 27.7 Å². The summed E-state index contributed by atoms with van der Waals surface area (Å²) >= 11 is 0. The largest absolute Gasteiger partial charge is 0.378 e. The minimum atomic E-state index is -0.994. The quantitative estimate of drug-likeness (QED) is 0.307. The molecule has 5 heteroatoms. The number of rotatable bonds is 7. The van der Waals surface area contributed by atoms with Crippen LogP contribution in [0, 0.1) is 40.9 Å². The van der Waals surface area contributed by atoms with Gasteiger partial charge in [0.25, 0.3) is 0 Å². The zero-order valence-electron chi connectivity index (χ0n) is 24.7. The minimum absolute atomic E-state index is 0.0588. The van der Waals surface area contributed by atoms with Crippen molar-refractivity contribution in [3.05, 3.63) is 12.2 Å². The van der Waals surface area contributed by atoms with Crippen molar-refractivity contribution in [1.29, 1.82) is 0 Å². The molecule has 0 aromatic rings. The van der Waals surface area contributed by atoms with Crippen LogP contribution in [0.1, 0.15) is 104 Å². The molecule has 218 valence electrons. The van der Waals surface area contributed by atoms with Gasteiger partial charge in [0.1, 0.15) is 12.3 Å². The van der Waals surface area contributed by atoms with Crippen LogP contribution < -0.4 is 0 Å². The highest BCUT2D eigenvalue weighted by Crippen LogP contribution is 2.59. The van der Waals surface area contributed by atoms with Gasteiger partial charge < -0.3 is 14.2 Å². The molecule has 11 unspecified atom stereocenters. The predicted molar refractivity (Wildman–Crippen MR) is 149 cm³/mol. The van der Waals surface area contributed by atoms with Gasteiger partial charge in [-0.2, -0.15) is 0 Å². The Hall–Kier alpha value is -0.520. The van der Waals surface area contributed by atoms with E-state index in [4.69, 9.17) is 14.2 Å². The molecule has 0 spiro atoms. The van der Waals surface area contributed by atoms with E-state index < -0.39 is 17.9 Å². The fourth-order valence-corrected chi connectivity index (χ4v) is 9.75. The molecule has 0 bridgehead atoms. The molecule has 4 saturated carbocycles. The summed E-state index contributed by atoms with van der Waals surface area (Å²) in [6, 6.07) is 0. The van der Waals surface area contributed by atoms with Gasteiger partial charge in [-0.15, -0.1) is 0 Å². The van der Waals surface area contributed by atoms with Gasteiger partial charge in [-0.25, -0.2) is 8.78 Å². The molecule has 1 heterocycles. The highest BCUT2D eigenvalue weighted by atomic mass is 19.1. The van der Waals surface area contributed by atoms with Gasteiger partial charge in [0.2, 0.25) is 0 Å². The summed E-state index contributed by atoms with van der Waals surface area (Å²) in [6.45, 7) is 7.20. The maximum atomic E-state index is 15.4. The van der Waals surface area contributed by atoms with Crippen LogP contribution >= 0.6 is 0 Å². The minimum Gasteiger partial charge on any atom is -0.378 e. The Labute approximate surface area is 230 Å². The summed E-state index contributed by atoms with van der Waals surface area (Å²) in [6.07, 6.45) is 15.3. The summed E-state index contributed by atoms with van der Waals surface area (Å²) < 4.78 is 49.3. The molecule has 5 rings (SSSR count). The maximum Gasteiger partial charge on any atom is 0.127 e. The summed E-state index contributed by atoms with van der Waals surface area (Å²) in [4.78, 5) is 0. The predicted octanol–water partition coefficient (Wildman–Crippen LogP) is 8.26. The van der Waals surface area contributed by atoms with Crippen LogP contribution in [0.5, 0.6) is 0 Å². The number of methoxy groups -OCH3 is 2.